The van der Waals surface area contributed by atoms with Crippen LogP contribution in [-0.4, -0.2) is 35.4 Å². The Morgan fingerprint density at radius 1 is 1.00 bits per heavy atom. The van der Waals surface area contributed by atoms with Crippen molar-refractivity contribution < 1.29 is 0 Å². The minimum absolute atomic E-state index is 0.0532. The molecule has 1 aliphatic carbocycles. The average molecular weight is 416 g/mol. The Balaban J connectivity index is 1.32. The number of nitrogens with one attached hydrogen (secondary N) is 1. The van der Waals surface area contributed by atoms with Gasteiger partial charge in [0.15, 0.2) is 5.65 Å². The lowest BCUT2D eigenvalue weighted by atomic mass is 9.91. The van der Waals surface area contributed by atoms with Gasteiger partial charge in [0.1, 0.15) is 5.82 Å². The van der Waals surface area contributed by atoms with E-state index in [1.807, 2.05) is 42.6 Å². The van der Waals surface area contributed by atoms with Crippen molar-refractivity contribution in [3.63, 3.8) is 0 Å². The molecular formula is C23H25N7O. The van der Waals surface area contributed by atoms with E-state index < -0.39 is 0 Å². The zero-order valence-corrected chi connectivity index (χ0v) is 17.7. The van der Waals surface area contributed by atoms with Crippen molar-refractivity contribution in [3.05, 3.63) is 70.5 Å². The van der Waals surface area contributed by atoms with E-state index in [1.165, 1.54) is 0 Å². The molecule has 4 aromatic rings. The molecule has 0 unspecified atom stereocenters. The second-order valence-corrected chi connectivity index (χ2v) is 8.23. The van der Waals surface area contributed by atoms with Crippen LogP contribution in [0.1, 0.15) is 43.1 Å². The molecule has 4 heterocycles. The first-order valence-electron chi connectivity index (χ1n) is 10.7. The molecule has 0 aliphatic heterocycles. The number of nitrogens with zero attached hydrogens (tertiary/aromatic N) is 6. The summed E-state index contributed by atoms with van der Waals surface area (Å²) in [6, 6.07) is 11.7. The first kappa shape index (κ1) is 19.4. The summed E-state index contributed by atoms with van der Waals surface area (Å²) in [6.07, 6.45) is 7.21. The third-order valence-corrected chi connectivity index (χ3v) is 5.85. The highest BCUT2D eigenvalue weighted by molar-refractivity contribution is 5.56. The number of anilines is 1. The first-order chi connectivity index (χ1) is 15.1. The van der Waals surface area contributed by atoms with E-state index >= 15 is 0 Å². The number of pyridine rings is 1. The number of hydrogen-bond donors (Lipinski definition) is 1. The molecule has 0 aromatic carbocycles. The molecule has 8 nitrogen and oxygen atoms in total. The van der Waals surface area contributed by atoms with Crippen molar-refractivity contribution in [2.45, 2.75) is 51.6 Å². The number of fused-ring (bicyclic) bond motifs is 1. The molecule has 0 radical (unpaired) electrons. The lowest BCUT2D eigenvalue weighted by Crippen LogP contribution is -2.33. The van der Waals surface area contributed by atoms with Gasteiger partial charge >= 0.3 is 0 Å². The largest absolute Gasteiger partial charge is 0.367 e. The molecule has 5 rings (SSSR count). The van der Waals surface area contributed by atoms with Crippen molar-refractivity contribution in [1.82, 2.24) is 29.4 Å². The average Bonchev–Trinajstić information content (AvgIpc) is 3.15. The smallest absolute Gasteiger partial charge is 0.267 e. The molecule has 0 bridgehead atoms. The monoisotopic (exact) mass is 415 g/mol. The summed E-state index contributed by atoms with van der Waals surface area (Å²) in [5.41, 5.74) is 4.41. The van der Waals surface area contributed by atoms with Crippen LogP contribution in [0, 0.1) is 13.8 Å². The van der Waals surface area contributed by atoms with Gasteiger partial charge in [0.05, 0.1) is 17.4 Å². The number of rotatable bonds is 4. The van der Waals surface area contributed by atoms with E-state index in [2.05, 4.69) is 25.5 Å². The quantitative estimate of drug-likeness (QED) is 0.548. The Morgan fingerprint density at radius 2 is 1.84 bits per heavy atom. The van der Waals surface area contributed by atoms with E-state index in [1.54, 1.807) is 29.2 Å². The topological polar surface area (TPSA) is 90.0 Å². The predicted molar refractivity (Wildman–Crippen MR) is 119 cm³/mol. The highest BCUT2D eigenvalue weighted by atomic mass is 16.1. The van der Waals surface area contributed by atoms with E-state index in [0.717, 1.165) is 59.8 Å². The van der Waals surface area contributed by atoms with Gasteiger partial charge in [0.25, 0.3) is 5.56 Å². The highest BCUT2D eigenvalue weighted by Gasteiger charge is 2.25. The van der Waals surface area contributed by atoms with Crippen LogP contribution in [0.3, 0.4) is 0 Å². The summed E-state index contributed by atoms with van der Waals surface area (Å²) >= 11 is 0. The molecule has 0 spiro atoms. The van der Waals surface area contributed by atoms with Crippen LogP contribution in [0.15, 0.2) is 53.6 Å². The van der Waals surface area contributed by atoms with Gasteiger partial charge < -0.3 is 5.32 Å². The SMILES string of the molecule is Cc1cc(NC2CCC(n3nc(-c4cccnc4)ccc3=O)CC2)n2nc(C)cc2n1. The Morgan fingerprint density at radius 3 is 2.61 bits per heavy atom. The molecule has 0 saturated heterocycles. The Hall–Kier alpha value is -3.55. The van der Waals surface area contributed by atoms with E-state index in [9.17, 15) is 4.79 Å². The zero-order chi connectivity index (χ0) is 21.4. The molecule has 1 aliphatic rings. The number of hydrogen-bond acceptors (Lipinski definition) is 6. The molecule has 158 valence electrons. The molecular weight excluding hydrogens is 390 g/mol. The lowest BCUT2D eigenvalue weighted by Gasteiger charge is -2.30. The van der Waals surface area contributed by atoms with E-state index in [0.29, 0.717) is 6.04 Å². The van der Waals surface area contributed by atoms with E-state index in [-0.39, 0.29) is 11.6 Å². The minimum atomic E-state index is -0.0532. The second kappa shape index (κ2) is 7.94. The van der Waals surface area contributed by atoms with Crippen LogP contribution >= 0.6 is 0 Å². The van der Waals surface area contributed by atoms with Gasteiger partial charge in [-0.05, 0) is 57.7 Å². The van der Waals surface area contributed by atoms with Gasteiger partial charge in [-0.2, -0.15) is 14.7 Å². The molecule has 4 aromatic heterocycles. The normalized spacial score (nSPS) is 18.9. The maximum Gasteiger partial charge on any atom is 0.267 e. The Kier molecular flexibility index (Phi) is 4.97. The van der Waals surface area contributed by atoms with Gasteiger partial charge in [0, 0.05) is 47.9 Å². The van der Waals surface area contributed by atoms with Gasteiger partial charge in [0.2, 0.25) is 0 Å². The van der Waals surface area contributed by atoms with Crippen LogP contribution < -0.4 is 10.9 Å². The summed E-state index contributed by atoms with van der Waals surface area (Å²) in [4.78, 5) is 21.2. The summed E-state index contributed by atoms with van der Waals surface area (Å²) in [5, 5.41) is 12.9. The van der Waals surface area contributed by atoms with Crippen molar-refractivity contribution in [2.75, 3.05) is 5.32 Å². The molecule has 31 heavy (non-hydrogen) atoms. The van der Waals surface area contributed by atoms with Crippen molar-refractivity contribution in [3.8, 4) is 11.3 Å². The standard InChI is InChI=1S/C23H25N7O/c1-15-12-22(30-21(25-15)13-16(2)27-30)26-18-5-7-19(8-6-18)29-23(31)10-9-20(28-29)17-4-3-11-24-14-17/h3-4,9-14,18-19,26H,5-8H2,1-2H3. The summed E-state index contributed by atoms with van der Waals surface area (Å²) < 4.78 is 3.53. The van der Waals surface area contributed by atoms with Crippen LogP contribution in [0.2, 0.25) is 0 Å². The van der Waals surface area contributed by atoms with Crippen LogP contribution in [-0.2, 0) is 0 Å². The third kappa shape index (κ3) is 3.93. The number of aromatic nitrogens is 6. The van der Waals surface area contributed by atoms with E-state index in [4.69, 9.17) is 0 Å². The van der Waals surface area contributed by atoms with Gasteiger partial charge in [-0.25, -0.2) is 9.67 Å². The van der Waals surface area contributed by atoms with Crippen LogP contribution in [0.4, 0.5) is 5.82 Å². The Bertz CT molecular complexity index is 1270. The second-order valence-electron chi connectivity index (χ2n) is 8.23. The summed E-state index contributed by atoms with van der Waals surface area (Å²) in [5.74, 6) is 0.966. The fourth-order valence-corrected chi connectivity index (χ4v) is 4.35. The molecule has 1 saturated carbocycles. The molecule has 1 fully saturated rings. The number of aryl methyl sites for hydroxylation is 2. The van der Waals surface area contributed by atoms with Crippen molar-refractivity contribution in [1.29, 1.82) is 0 Å². The molecule has 0 amide bonds. The van der Waals surface area contributed by atoms with Crippen molar-refractivity contribution in [2.24, 2.45) is 0 Å². The molecule has 0 atom stereocenters. The summed E-state index contributed by atoms with van der Waals surface area (Å²) in [7, 11) is 0. The highest BCUT2D eigenvalue weighted by Crippen LogP contribution is 2.29. The van der Waals surface area contributed by atoms with Gasteiger partial charge in [-0.3, -0.25) is 9.78 Å². The third-order valence-electron chi connectivity index (χ3n) is 5.85. The van der Waals surface area contributed by atoms with Crippen molar-refractivity contribution >= 4 is 11.5 Å². The van der Waals surface area contributed by atoms with Crippen LogP contribution in [0.5, 0.6) is 0 Å². The summed E-state index contributed by atoms with van der Waals surface area (Å²) in [6.45, 7) is 3.97. The van der Waals surface area contributed by atoms with Gasteiger partial charge in [-0.1, -0.05) is 0 Å². The first-order valence-corrected chi connectivity index (χ1v) is 10.7. The van der Waals surface area contributed by atoms with Gasteiger partial charge in [-0.15, -0.1) is 0 Å². The zero-order valence-electron chi connectivity index (χ0n) is 17.7. The fourth-order valence-electron chi connectivity index (χ4n) is 4.35. The maximum atomic E-state index is 12.5. The maximum absolute atomic E-state index is 12.5. The van der Waals surface area contributed by atoms with Crippen LogP contribution in [0.25, 0.3) is 16.9 Å². The predicted octanol–water partition coefficient (Wildman–Crippen LogP) is 3.56. The Labute approximate surface area is 180 Å². The molecule has 1 N–H and O–H groups in total. The lowest BCUT2D eigenvalue weighted by molar-refractivity contribution is 0.304. The fraction of sp³-hybridized carbons (Fsp3) is 0.348. The minimum Gasteiger partial charge on any atom is -0.367 e. The molecule has 8 heteroatoms.